The molecule has 6 nitrogen and oxygen atoms in total. The highest BCUT2D eigenvalue weighted by Gasteiger charge is 2.24. The molecule has 0 bridgehead atoms. The lowest BCUT2D eigenvalue weighted by Gasteiger charge is -2.23. The Morgan fingerprint density at radius 2 is 2.11 bits per heavy atom. The zero-order valence-corrected chi connectivity index (χ0v) is 17.3. The lowest BCUT2D eigenvalue weighted by molar-refractivity contribution is 0.250. The monoisotopic (exact) mass is 382 g/mol. The van der Waals surface area contributed by atoms with Crippen molar-refractivity contribution < 1.29 is 0 Å². The van der Waals surface area contributed by atoms with Crippen LogP contribution in [0.15, 0.2) is 47.7 Å². The number of aromatic nitrogens is 2. The van der Waals surface area contributed by atoms with E-state index in [2.05, 4.69) is 71.0 Å². The molecule has 2 N–H and O–H groups in total. The molecule has 1 fully saturated rings. The minimum absolute atomic E-state index is 0.530. The molecule has 0 saturated carbocycles. The second-order valence-corrected chi connectivity index (χ2v) is 7.53. The smallest absolute Gasteiger partial charge is 0.191 e. The van der Waals surface area contributed by atoms with Gasteiger partial charge in [0, 0.05) is 38.4 Å². The van der Waals surface area contributed by atoms with E-state index in [0.29, 0.717) is 6.04 Å². The first-order chi connectivity index (χ1) is 13.7. The summed E-state index contributed by atoms with van der Waals surface area (Å²) in [5, 5.41) is 11.2. The predicted molar refractivity (Wildman–Crippen MR) is 115 cm³/mol. The van der Waals surface area contributed by atoms with Crippen molar-refractivity contribution in [1.82, 2.24) is 25.3 Å². The maximum absolute atomic E-state index is 4.87. The minimum Gasteiger partial charge on any atom is -0.357 e. The number of nitrogens with zero attached hydrogens (tertiary/aromatic N) is 4. The Morgan fingerprint density at radius 3 is 2.86 bits per heavy atom. The van der Waals surface area contributed by atoms with E-state index in [0.717, 1.165) is 45.1 Å². The maximum Gasteiger partial charge on any atom is 0.191 e. The number of aryl methyl sites for hydroxylation is 2. The van der Waals surface area contributed by atoms with E-state index in [1.807, 2.05) is 10.9 Å². The molecule has 1 saturated heterocycles. The molecule has 28 heavy (non-hydrogen) atoms. The molecule has 1 atom stereocenters. The third-order valence-electron chi connectivity index (χ3n) is 5.15. The van der Waals surface area contributed by atoms with Crippen molar-refractivity contribution in [3.8, 4) is 0 Å². The van der Waals surface area contributed by atoms with E-state index in [9.17, 15) is 0 Å². The second-order valence-electron chi connectivity index (χ2n) is 7.53. The highest BCUT2D eigenvalue weighted by Crippen LogP contribution is 2.20. The second kappa shape index (κ2) is 10.9. The van der Waals surface area contributed by atoms with Gasteiger partial charge in [-0.05, 0) is 50.8 Å². The SMILES string of the molecule is CCNC(=NCC1CCCN1Cc1ccccc1)NCCCn1cc(C)cn1. The molecule has 1 aromatic heterocycles. The van der Waals surface area contributed by atoms with Crippen LogP contribution in [0.2, 0.25) is 0 Å². The van der Waals surface area contributed by atoms with Crippen LogP contribution in [0.25, 0.3) is 0 Å². The molecule has 6 heteroatoms. The molecule has 1 aromatic carbocycles. The number of hydrogen-bond acceptors (Lipinski definition) is 3. The maximum atomic E-state index is 4.87. The van der Waals surface area contributed by atoms with Crippen molar-refractivity contribution in [3.05, 3.63) is 53.9 Å². The zero-order chi connectivity index (χ0) is 19.6. The van der Waals surface area contributed by atoms with E-state index in [1.54, 1.807) is 0 Å². The molecule has 0 aliphatic carbocycles. The molecule has 0 spiro atoms. The molecule has 2 aromatic rings. The summed E-state index contributed by atoms with van der Waals surface area (Å²) in [6.45, 7) is 9.92. The largest absolute Gasteiger partial charge is 0.357 e. The third kappa shape index (κ3) is 6.37. The van der Waals surface area contributed by atoms with Crippen molar-refractivity contribution in [2.75, 3.05) is 26.2 Å². The molecular formula is C22H34N6. The fourth-order valence-electron chi connectivity index (χ4n) is 3.70. The van der Waals surface area contributed by atoms with Crippen molar-refractivity contribution in [3.63, 3.8) is 0 Å². The van der Waals surface area contributed by atoms with Gasteiger partial charge in [-0.25, -0.2) is 0 Å². The van der Waals surface area contributed by atoms with Crippen LogP contribution in [0.5, 0.6) is 0 Å². The van der Waals surface area contributed by atoms with Crippen LogP contribution in [0.1, 0.15) is 37.3 Å². The lowest BCUT2D eigenvalue weighted by Crippen LogP contribution is -2.39. The summed E-state index contributed by atoms with van der Waals surface area (Å²) in [5.41, 5.74) is 2.59. The van der Waals surface area contributed by atoms with Gasteiger partial charge in [0.1, 0.15) is 0 Å². The molecule has 152 valence electrons. The Kier molecular flexibility index (Phi) is 7.91. The first-order valence-electron chi connectivity index (χ1n) is 10.5. The topological polar surface area (TPSA) is 57.5 Å². The third-order valence-corrected chi connectivity index (χ3v) is 5.15. The number of rotatable bonds is 9. The Balaban J connectivity index is 1.45. The van der Waals surface area contributed by atoms with E-state index in [4.69, 9.17) is 4.99 Å². The van der Waals surface area contributed by atoms with Crippen LogP contribution in [-0.2, 0) is 13.1 Å². The average Bonchev–Trinajstić information content (AvgIpc) is 3.32. The summed E-state index contributed by atoms with van der Waals surface area (Å²) in [4.78, 5) is 7.44. The van der Waals surface area contributed by atoms with E-state index in [-0.39, 0.29) is 0 Å². The molecule has 0 amide bonds. The number of nitrogens with one attached hydrogen (secondary N) is 2. The van der Waals surface area contributed by atoms with Gasteiger partial charge in [0.05, 0.1) is 12.7 Å². The first kappa shape index (κ1) is 20.4. The Morgan fingerprint density at radius 1 is 1.25 bits per heavy atom. The summed E-state index contributed by atoms with van der Waals surface area (Å²) in [5.74, 6) is 0.922. The fourth-order valence-corrected chi connectivity index (χ4v) is 3.70. The van der Waals surface area contributed by atoms with Crippen molar-refractivity contribution in [1.29, 1.82) is 0 Å². The molecular weight excluding hydrogens is 348 g/mol. The molecule has 2 heterocycles. The van der Waals surface area contributed by atoms with Gasteiger partial charge >= 0.3 is 0 Å². The van der Waals surface area contributed by atoms with Crippen molar-refractivity contribution in [2.45, 2.75) is 52.2 Å². The normalized spacial score (nSPS) is 17.8. The zero-order valence-electron chi connectivity index (χ0n) is 17.3. The van der Waals surface area contributed by atoms with Gasteiger partial charge in [-0.3, -0.25) is 14.6 Å². The van der Waals surface area contributed by atoms with Crippen LogP contribution in [0.3, 0.4) is 0 Å². The van der Waals surface area contributed by atoms with Gasteiger partial charge in [-0.15, -0.1) is 0 Å². The summed E-state index contributed by atoms with van der Waals surface area (Å²) in [6.07, 6.45) is 7.51. The van der Waals surface area contributed by atoms with Crippen molar-refractivity contribution >= 4 is 5.96 Å². The molecule has 1 aliphatic heterocycles. The minimum atomic E-state index is 0.530. The Bertz CT molecular complexity index is 724. The van der Waals surface area contributed by atoms with Crippen LogP contribution >= 0.6 is 0 Å². The van der Waals surface area contributed by atoms with Crippen LogP contribution in [0, 0.1) is 6.92 Å². The van der Waals surface area contributed by atoms with Crippen LogP contribution in [-0.4, -0.2) is 52.9 Å². The molecule has 1 aliphatic rings. The van der Waals surface area contributed by atoms with E-state index < -0.39 is 0 Å². The van der Waals surface area contributed by atoms with Gasteiger partial charge < -0.3 is 10.6 Å². The standard InChI is InChI=1S/C22H34N6/c1-3-23-22(24-12-8-14-28-17-19(2)15-26-28)25-16-21-11-7-13-27(21)18-20-9-5-4-6-10-20/h4-6,9-10,15,17,21H,3,7-8,11-14,16,18H2,1-2H3,(H2,23,24,25). The van der Waals surface area contributed by atoms with Crippen LogP contribution < -0.4 is 10.6 Å². The number of guanidine groups is 1. The summed E-state index contributed by atoms with van der Waals surface area (Å²) in [7, 11) is 0. The van der Waals surface area contributed by atoms with Crippen LogP contribution in [0.4, 0.5) is 0 Å². The quantitative estimate of drug-likeness (QED) is 0.398. The summed E-state index contributed by atoms with van der Waals surface area (Å²) < 4.78 is 2.00. The van der Waals surface area contributed by atoms with Gasteiger partial charge in [0.15, 0.2) is 5.96 Å². The fraction of sp³-hybridized carbons (Fsp3) is 0.545. The van der Waals surface area contributed by atoms with E-state index >= 15 is 0 Å². The number of hydrogen-bond donors (Lipinski definition) is 2. The lowest BCUT2D eigenvalue weighted by atomic mass is 10.2. The van der Waals surface area contributed by atoms with Gasteiger partial charge in [-0.2, -0.15) is 5.10 Å². The molecule has 3 rings (SSSR count). The molecule has 1 unspecified atom stereocenters. The van der Waals surface area contributed by atoms with Gasteiger partial charge in [0.2, 0.25) is 0 Å². The summed E-state index contributed by atoms with van der Waals surface area (Å²) >= 11 is 0. The average molecular weight is 383 g/mol. The highest BCUT2D eigenvalue weighted by molar-refractivity contribution is 5.79. The predicted octanol–water partition coefficient (Wildman–Crippen LogP) is 2.80. The Hall–Kier alpha value is -2.34. The first-order valence-corrected chi connectivity index (χ1v) is 10.5. The number of aliphatic imine (C=N–C) groups is 1. The van der Waals surface area contributed by atoms with Crippen molar-refractivity contribution in [2.24, 2.45) is 4.99 Å². The Labute approximate surface area is 169 Å². The summed E-state index contributed by atoms with van der Waals surface area (Å²) in [6, 6.07) is 11.3. The number of benzene rings is 1. The van der Waals surface area contributed by atoms with Gasteiger partial charge in [-0.1, -0.05) is 30.3 Å². The highest BCUT2D eigenvalue weighted by atomic mass is 15.3. The van der Waals surface area contributed by atoms with Gasteiger partial charge in [0.25, 0.3) is 0 Å². The number of likely N-dealkylation sites (tertiary alicyclic amines) is 1. The molecule has 0 radical (unpaired) electrons. The van der Waals surface area contributed by atoms with E-state index in [1.165, 1.54) is 30.5 Å².